The highest BCUT2D eigenvalue weighted by molar-refractivity contribution is 6.01. The zero-order valence-electron chi connectivity index (χ0n) is 16.5. The first-order valence-corrected chi connectivity index (χ1v) is 9.69. The van der Waals surface area contributed by atoms with Crippen molar-refractivity contribution in [2.45, 2.75) is 32.1 Å². The molecule has 0 spiro atoms. The molecule has 0 radical (unpaired) electrons. The minimum Gasteiger partial charge on any atom is -0.384 e. The lowest BCUT2D eigenvalue weighted by atomic mass is 9.75. The standard InChI is InChI=1S/C23H20N4O3/c1-14-5-9-16(10-6-14)26-19-3-2-4-20(28)22(19)21(18(13-24)23(26)25)15-7-11-17(12-8-15)27(29)30/h5-12,21H,2-4,25H2,1H3/t21-/m1/s1. The summed E-state index contributed by atoms with van der Waals surface area (Å²) in [6.45, 7) is 1.99. The van der Waals surface area contributed by atoms with Crippen molar-refractivity contribution in [3.05, 3.63) is 92.4 Å². The minimum absolute atomic E-state index is 0.0167. The van der Waals surface area contributed by atoms with Gasteiger partial charge in [0.15, 0.2) is 5.78 Å². The van der Waals surface area contributed by atoms with Crippen molar-refractivity contribution in [3.8, 4) is 6.07 Å². The molecule has 0 aromatic heterocycles. The molecule has 2 aromatic carbocycles. The Kier molecular flexibility index (Phi) is 4.84. The van der Waals surface area contributed by atoms with E-state index < -0.39 is 10.8 Å². The van der Waals surface area contributed by atoms with Gasteiger partial charge in [0.1, 0.15) is 5.82 Å². The summed E-state index contributed by atoms with van der Waals surface area (Å²) >= 11 is 0. The monoisotopic (exact) mass is 400 g/mol. The van der Waals surface area contributed by atoms with E-state index in [1.807, 2.05) is 36.1 Å². The van der Waals surface area contributed by atoms with Gasteiger partial charge in [-0.25, -0.2) is 0 Å². The minimum atomic E-state index is -0.625. The van der Waals surface area contributed by atoms with Gasteiger partial charge in [-0.1, -0.05) is 29.8 Å². The van der Waals surface area contributed by atoms with Crippen molar-refractivity contribution in [1.82, 2.24) is 0 Å². The van der Waals surface area contributed by atoms with Gasteiger partial charge < -0.3 is 5.73 Å². The highest BCUT2D eigenvalue weighted by atomic mass is 16.6. The van der Waals surface area contributed by atoms with Crippen molar-refractivity contribution in [2.24, 2.45) is 5.73 Å². The highest BCUT2D eigenvalue weighted by Gasteiger charge is 2.40. The predicted octanol–water partition coefficient (Wildman–Crippen LogP) is 4.21. The predicted molar refractivity (Wildman–Crippen MR) is 112 cm³/mol. The molecule has 0 amide bonds. The van der Waals surface area contributed by atoms with E-state index in [0.717, 1.165) is 16.9 Å². The molecule has 0 bridgehead atoms. The molecular weight excluding hydrogens is 380 g/mol. The van der Waals surface area contributed by atoms with E-state index in [0.29, 0.717) is 30.4 Å². The number of nitriles is 1. The van der Waals surface area contributed by atoms with E-state index in [9.17, 15) is 20.2 Å². The number of nitro benzene ring substituents is 1. The summed E-state index contributed by atoms with van der Waals surface area (Å²) in [5, 5.41) is 21.0. The number of nitro groups is 1. The van der Waals surface area contributed by atoms with E-state index in [4.69, 9.17) is 5.73 Å². The van der Waals surface area contributed by atoms with Crippen LogP contribution >= 0.6 is 0 Å². The molecule has 1 aliphatic carbocycles. The lowest BCUT2D eigenvalue weighted by Crippen LogP contribution is -2.38. The summed E-state index contributed by atoms with van der Waals surface area (Å²) in [6, 6.07) is 15.9. The van der Waals surface area contributed by atoms with Crippen LogP contribution in [0.2, 0.25) is 0 Å². The van der Waals surface area contributed by atoms with Crippen molar-refractivity contribution in [2.75, 3.05) is 4.90 Å². The maximum absolute atomic E-state index is 13.0. The Labute approximate surface area is 173 Å². The van der Waals surface area contributed by atoms with Gasteiger partial charge in [0.25, 0.3) is 5.69 Å². The number of hydrogen-bond donors (Lipinski definition) is 1. The third kappa shape index (κ3) is 3.12. The average molecular weight is 400 g/mol. The fourth-order valence-electron chi connectivity index (χ4n) is 4.20. The molecule has 1 aliphatic heterocycles. The quantitative estimate of drug-likeness (QED) is 0.610. The number of allylic oxidation sites excluding steroid dienone is 3. The number of benzene rings is 2. The molecule has 7 heteroatoms. The van der Waals surface area contributed by atoms with Crippen LogP contribution in [0.25, 0.3) is 0 Å². The first-order valence-electron chi connectivity index (χ1n) is 9.69. The fraction of sp³-hybridized carbons (Fsp3) is 0.217. The van der Waals surface area contributed by atoms with Crippen LogP contribution in [-0.2, 0) is 4.79 Å². The van der Waals surface area contributed by atoms with Crippen LogP contribution < -0.4 is 10.6 Å². The summed E-state index contributed by atoms with van der Waals surface area (Å²) < 4.78 is 0. The maximum atomic E-state index is 13.0. The first kappa shape index (κ1) is 19.4. The largest absolute Gasteiger partial charge is 0.384 e. The van der Waals surface area contributed by atoms with Crippen molar-refractivity contribution in [1.29, 1.82) is 5.26 Å². The average Bonchev–Trinajstić information content (AvgIpc) is 2.74. The van der Waals surface area contributed by atoms with Gasteiger partial charge in [-0.3, -0.25) is 19.8 Å². The van der Waals surface area contributed by atoms with Crippen LogP contribution in [0.1, 0.15) is 36.3 Å². The van der Waals surface area contributed by atoms with Gasteiger partial charge >= 0.3 is 0 Å². The normalized spacial score (nSPS) is 18.9. The molecule has 0 saturated carbocycles. The number of anilines is 1. The summed E-state index contributed by atoms with van der Waals surface area (Å²) in [5.74, 6) is -0.351. The van der Waals surface area contributed by atoms with Crippen LogP contribution in [0.3, 0.4) is 0 Å². The number of non-ortho nitro benzene ring substituents is 1. The number of carbonyl (C=O) groups excluding carboxylic acids is 1. The Morgan fingerprint density at radius 1 is 1.13 bits per heavy atom. The molecule has 2 aromatic rings. The van der Waals surface area contributed by atoms with Gasteiger partial charge in [-0.2, -0.15) is 5.26 Å². The third-order valence-corrected chi connectivity index (χ3v) is 5.64. The van der Waals surface area contributed by atoms with Crippen molar-refractivity contribution in [3.63, 3.8) is 0 Å². The summed E-state index contributed by atoms with van der Waals surface area (Å²) in [6.07, 6.45) is 1.78. The maximum Gasteiger partial charge on any atom is 0.269 e. The zero-order valence-corrected chi connectivity index (χ0v) is 16.5. The van der Waals surface area contributed by atoms with E-state index in [1.165, 1.54) is 12.1 Å². The Morgan fingerprint density at radius 2 is 1.80 bits per heavy atom. The number of rotatable bonds is 3. The Hall–Kier alpha value is -3.92. The van der Waals surface area contributed by atoms with E-state index >= 15 is 0 Å². The fourth-order valence-corrected chi connectivity index (χ4v) is 4.20. The van der Waals surface area contributed by atoms with Crippen LogP contribution in [-0.4, -0.2) is 10.7 Å². The van der Waals surface area contributed by atoms with Gasteiger partial charge in [0.05, 0.1) is 22.5 Å². The van der Waals surface area contributed by atoms with Crippen molar-refractivity contribution >= 4 is 17.2 Å². The molecule has 2 N–H and O–H groups in total. The molecule has 7 nitrogen and oxygen atoms in total. The lowest BCUT2D eigenvalue weighted by Gasteiger charge is -2.39. The second-order valence-corrected chi connectivity index (χ2v) is 7.50. The van der Waals surface area contributed by atoms with Crippen LogP contribution in [0.4, 0.5) is 11.4 Å². The van der Waals surface area contributed by atoms with Gasteiger partial charge in [-0.05, 0) is 37.5 Å². The zero-order chi connectivity index (χ0) is 21.4. The number of nitrogens with two attached hydrogens (primary N) is 1. The number of carbonyl (C=O) groups is 1. The Morgan fingerprint density at radius 3 is 2.40 bits per heavy atom. The SMILES string of the molecule is Cc1ccc(N2C(N)=C(C#N)[C@@H](c3ccc([N+](=O)[O-])cc3)C3=C2CCCC3=O)cc1. The summed E-state index contributed by atoms with van der Waals surface area (Å²) in [4.78, 5) is 25.4. The molecule has 1 atom stereocenters. The Balaban J connectivity index is 1.92. The molecule has 0 saturated heterocycles. The van der Waals surface area contributed by atoms with Gasteiger partial charge in [-0.15, -0.1) is 0 Å². The summed E-state index contributed by atoms with van der Waals surface area (Å²) in [5.41, 5.74) is 10.6. The molecule has 1 heterocycles. The molecule has 0 fully saturated rings. The van der Waals surface area contributed by atoms with Gasteiger partial charge in [0.2, 0.25) is 0 Å². The molecule has 0 unspecified atom stereocenters. The molecule has 30 heavy (non-hydrogen) atoms. The number of ketones is 1. The van der Waals surface area contributed by atoms with Crippen LogP contribution in [0, 0.1) is 28.4 Å². The first-order chi connectivity index (χ1) is 14.4. The lowest BCUT2D eigenvalue weighted by molar-refractivity contribution is -0.384. The molecular formula is C23H20N4O3. The molecule has 2 aliphatic rings. The van der Waals surface area contributed by atoms with Crippen LogP contribution in [0.5, 0.6) is 0 Å². The topological polar surface area (TPSA) is 113 Å². The van der Waals surface area contributed by atoms with Crippen molar-refractivity contribution < 1.29 is 9.72 Å². The third-order valence-electron chi connectivity index (χ3n) is 5.64. The highest BCUT2D eigenvalue weighted by Crippen LogP contribution is 2.46. The molecule has 150 valence electrons. The van der Waals surface area contributed by atoms with Gasteiger partial charge in [0, 0.05) is 35.5 Å². The second kappa shape index (κ2) is 7.48. The molecule has 4 rings (SSSR count). The smallest absolute Gasteiger partial charge is 0.269 e. The van der Waals surface area contributed by atoms with Crippen LogP contribution in [0.15, 0.2) is 71.2 Å². The second-order valence-electron chi connectivity index (χ2n) is 7.50. The van der Waals surface area contributed by atoms with E-state index in [1.54, 1.807) is 12.1 Å². The summed E-state index contributed by atoms with van der Waals surface area (Å²) in [7, 11) is 0. The Bertz CT molecular complexity index is 1140. The number of Topliss-reactive ketones (excluding diaryl/α,β-unsaturated/α-hetero) is 1. The number of nitrogens with zero attached hydrogens (tertiary/aromatic N) is 3. The number of hydrogen-bond acceptors (Lipinski definition) is 6. The van der Waals surface area contributed by atoms with E-state index in [2.05, 4.69) is 6.07 Å². The van der Waals surface area contributed by atoms with E-state index in [-0.39, 0.29) is 22.9 Å². The number of aryl methyl sites for hydroxylation is 1.